The van der Waals surface area contributed by atoms with Crippen LogP contribution in [0.1, 0.15) is 5.56 Å². The summed E-state index contributed by atoms with van der Waals surface area (Å²) in [4.78, 5) is 3.60. The normalized spacial score (nSPS) is 8.60. The third kappa shape index (κ3) is 2.29. The van der Waals surface area contributed by atoms with Crippen LogP contribution in [-0.2, 0) is 6.54 Å². The van der Waals surface area contributed by atoms with E-state index < -0.39 is 0 Å². The smallest absolute Gasteiger partial charge is 0.141 e. The van der Waals surface area contributed by atoms with Gasteiger partial charge < -0.3 is 5.73 Å². The predicted octanol–water partition coefficient (Wildman–Crippen LogP) is 1.10. The lowest BCUT2D eigenvalue weighted by atomic mass is 10.3. The van der Waals surface area contributed by atoms with Gasteiger partial charge in [-0.2, -0.15) is 0 Å². The minimum absolute atomic E-state index is 0. The molecule has 1 rings (SSSR count). The lowest BCUT2D eigenvalue weighted by Gasteiger charge is -1.92. The van der Waals surface area contributed by atoms with E-state index in [2.05, 4.69) is 4.98 Å². The SMILES string of the molecule is Cl.NCc1cncc(F)c1. The number of aromatic nitrogens is 1. The molecule has 0 aliphatic rings. The highest BCUT2D eigenvalue weighted by molar-refractivity contribution is 5.85. The Labute approximate surface area is 64.7 Å². The van der Waals surface area contributed by atoms with Crippen molar-refractivity contribution in [2.24, 2.45) is 5.73 Å². The summed E-state index contributed by atoms with van der Waals surface area (Å²) in [6, 6.07) is 1.37. The number of halogens is 2. The highest BCUT2D eigenvalue weighted by Crippen LogP contribution is 1.97. The molecule has 1 aromatic heterocycles. The van der Waals surface area contributed by atoms with E-state index in [1.54, 1.807) is 6.20 Å². The highest BCUT2D eigenvalue weighted by Gasteiger charge is 1.90. The van der Waals surface area contributed by atoms with Crippen LogP contribution in [0.25, 0.3) is 0 Å². The van der Waals surface area contributed by atoms with Crippen LogP contribution in [-0.4, -0.2) is 4.98 Å². The van der Waals surface area contributed by atoms with E-state index in [0.29, 0.717) is 6.54 Å². The van der Waals surface area contributed by atoms with Crippen LogP contribution in [0.2, 0.25) is 0 Å². The molecule has 0 amide bonds. The first-order valence-corrected chi connectivity index (χ1v) is 2.62. The zero-order chi connectivity index (χ0) is 6.69. The summed E-state index contributed by atoms with van der Waals surface area (Å²) >= 11 is 0. The summed E-state index contributed by atoms with van der Waals surface area (Å²) in [7, 11) is 0. The molecule has 10 heavy (non-hydrogen) atoms. The summed E-state index contributed by atoms with van der Waals surface area (Å²) < 4.78 is 12.2. The van der Waals surface area contributed by atoms with Gasteiger partial charge in [-0.15, -0.1) is 12.4 Å². The molecule has 0 fully saturated rings. The molecule has 2 nitrogen and oxygen atoms in total. The third-order valence-electron chi connectivity index (χ3n) is 0.997. The lowest BCUT2D eigenvalue weighted by molar-refractivity contribution is 0.618. The Bertz CT molecular complexity index is 205. The lowest BCUT2D eigenvalue weighted by Crippen LogP contribution is -1.96. The molecular formula is C6H8ClFN2. The largest absolute Gasteiger partial charge is 0.326 e. The number of hydrogen-bond acceptors (Lipinski definition) is 2. The first-order valence-electron chi connectivity index (χ1n) is 2.62. The van der Waals surface area contributed by atoms with Crippen molar-refractivity contribution in [3.63, 3.8) is 0 Å². The van der Waals surface area contributed by atoms with E-state index in [1.807, 2.05) is 0 Å². The van der Waals surface area contributed by atoms with E-state index in [9.17, 15) is 4.39 Å². The summed E-state index contributed by atoms with van der Waals surface area (Å²) in [5.74, 6) is -0.335. The summed E-state index contributed by atoms with van der Waals surface area (Å²) in [6.45, 7) is 0.338. The van der Waals surface area contributed by atoms with Gasteiger partial charge in [0.25, 0.3) is 0 Å². The Morgan fingerprint density at radius 1 is 1.50 bits per heavy atom. The topological polar surface area (TPSA) is 38.9 Å². The van der Waals surface area contributed by atoms with E-state index >= 15 is 0 Å². The van der Waals surface area contributed by atoms with Crippen molar-refractivity contribution in [3.8, 4) is 0 Å². The van der Waals surface area contributed by atoms with Gasteiger partial charge in [0.2, 0.25) is 0 Å². The van der Waals surface area contributed by atoms with Crippen molar-refractivity contribution in [2.75, 3.05) is 0 Å². The van der Waals surface area contributed by atoms with Gasteiger partial charge in [0.1, 0.15) is 5.82 Å². The Kier molecular flexibility index (Phi) is 3.91. The first-order chi connectivity index (χ1) is 4.33. The Balaban J connectivity index is 0.000000810. The number of nitrogens with zero attached hydrogens (tertiary/aromatic N) is 1. The van der Waals surface area contributed by atoms with Crippen molar-refractivity contribution >= 4 is 12.4 Å². The van der Waals surface area contributed by atoms with E-state index in [0.717, 1.165) is 11.8 Å². The number of hydrogen-bond donors (Lipinski definition) is 1. The predicted molar refractivity (Wildman–Crippen MR) is 39.3 cm³/mol. The van der Waals surface area contributed by atoms with Gasteiger partial charge in [-0.1, -0.05) is 0 Å². The van der Waals surface area contributed by atoms with Crippen molar-refractivity contribution in [1.29, 1.82) is 0 Å². The fourth-order valence-electron chi connectivity index (χ4n) is 0.567. The van der Waals surface area contributed by atoms with Crippen molar-refractivity contribution in [1.82, 2.24) is 4.98 Å². The minimum Gasteiger partial charge on any atom is -0.326 e. The molecular weight excluding hydrogens is 155 g/mol. The fraction of sp³-hybridized carbons (Fsp3) is 0.167. The number of pyridine rings is 1. The molecule has 2 N–H and O–H groups in total. The molecule has 56 valence electrons. The fourth-order valence-corrected chi connectivity index (χ4v) is 0.567. The average molecular weight is 163 g/mol. The van der Waals surface area contributed by atoms with Gasteiger partial charge in [-0.25, -0.2) is 4.39 Å². The van der Waals surface area contributed by atoms with Crippen LogP contribution in [0.4, 0.5) is 4.39 Å². The van der Waals surface area contributed by atoms with Gasteiger partial charge in [0, 0.05) is 12.7 Å². The molecule has 0 aliphatic carbocycles. The Hall–Kier alpha value is -0.670. The van der Waals surface area contributed by atoms with Crippen LogP contribution in [0.15, 0.2) is 18.5 Å². The second kappa shape index (κ2) is 4.19. The molecule has 1 heterocycles. The maximum absolute atomic E-state index is 12.2. The molecule has 1 aromatic rings. The molecule has 0 radical (unpaired) electrons. The van der Waals surface area contributed by atoms with Gasteiger partial charge in [-0.05, 0) is 11.6 Å². The third-order valence-corrected chi connectivity index (χ3v) is 0.997. The summed E-state index contributed by atoms with van der Waals surface area (Å²) in [6.07, 6.45) is 2.70. The van der Waals surface area contributed by atoms with Crippen LogP contribution < -0.4 is 5.73 Å². The van der Waals surface area contributed by atoms with Crippen molar-refractivity contribution < 1.29 is 4.39 Å². The average Bonchev–Trinajstić information content (AvgIpc) is 1.88. The molecule has 0 saturated carbocycles. The molecule has 0 bridgehead atoms. The molecule has 0 unspecified atom stereocenters. The summed E-state index contributed by atoms with van der Waals surface area (Å²) in [5, 5.41) is 0. The molecule has 0 aromatic carbocycles. The van der Waals surface area contributed by atoms with E-state index in [4.69, 9.17) is 5.73 Å². The van der Waals surface area contributed by atoms with Crippen LogP contribution in [0.3, 0.4) is 0 Å². The Morgan fingerprint density at radius 3 is 2.60 bits per heavy atom. The number of rotatable bonds is 1. The van der Waals surface area contributed by atoms with Gasteiger partial charge in [-0.3, -0.25) is 4.98 Å². The zero-order valence-corrected chi connectivity index (χ0v) is 6.07. The Morgan fingerprint density at radius 2 is 2.20 bits per heavy atom. The quantitative estimate of drug-likeness (QED) is 0.672. The molecule has 0 saturated heterocycles. The minimum atomic E-state index is -0.335. The zero-order valence-electron chi connectivity index (χ0n) is 5.25. The van der Waals surface area contributed by atoms with Gasteiger partial charge >= 0.3 is 0 Å². The van der Waals surface area contributed by atoms with Gasteiger partial charge in [0.15, 0.2) is 0 Å². The molecule has 0 aliphatic heterocycles. The molecule has 0 atom stereocenters. The monoisotopic (exact) mass is 162 g/mol. The van der Waals surface area contributed by atoms with E-state index in [-0.39, 0.29) is 18.2 Å². The van der Waals surface area contributed by atoms with Crippen LogP contribution in [0, 0.1) is 5.82 Å². The van der Waals surface area contributed by atoms with E-state index in [1.165, 1.54) is 6.07 Å². The molecule has 4 heteroatoms. The second-order valence-corrected chi connectivity index (χ2v) is 1.72. The highest BCUT2D eigenvalue weighted by atomic mass is 35.5. The van der Waals surface area contributed by atoms with Crippen molar-refractivity contribution in [3.05, 3.63) is 29.8 Å². The number of nitrogens with two attached hydrogens (primary N) is 1. The van der Waals surface area contributed by atoms with Gasteiger partial charge in [0.05, 0.1) is 6.20 Å². The van der Waals surface area contributed by atoms with Crippen molar-refractivity contribution in [2.45, 2.75) is 6.54 Å². The van der Waals surface area contributed by atoms with Crippen LogP contribution in [0.5, 0.6) is 0 Å². The second-order valence-electron chi connectivity index (χ2n) is 1.72. The maximum Gasteiger partial charge on any atom is 0.141 e. The summed E-state index contributed by atoms with van der Waals surface area (Å²) in [5.41, 5.74) is 5.93. The van der Waals surface area contributed by atoms with Crippen LogP contribution >= 0.6 is 12.4 Å². The standard InChI is InChI=1S/C6H7FN2.ClH/c7-6-1-5(2-8)3-9-4-6;/h1,3-4H,2,8H2;1H. The maximum atomic E-state index is 12.2. The molecule has 0 spiro atoms. The first kappa shape index (κ1) is 9.33.